The van der Waals surface area contributed by atoms with Gasteiger partial charge < -0.3 is 10.6 Å². The molecule has 0 amide bonds. The molecule has 0 aromatic carbocycles. The van der Waals surface area contributed by atoms with Gasteiger partial charge in [-0.1, -0.05) is 6.42 Å². The number of nitrogens with one attached hydrogen (secondary N) is 2. The summed E-state index contributed by atoms with van der Waals surface area (Å²) >= 11 is 0. The Labute approximate surface area is 62.4 Å². The van der Waals surface area contributed by atoms with Crippen molar-refractivity contribution in [2.75, 3.05) is 13.1 Å². The van der Waals surface area contributed by atoms with Crippen molar-refractivity contribution < 1.29 is 0 Å². The van der Waals surface area contributed by atoms with Crippen molar-refractivity contribution in [3.05, 3.63) is 0 Å². The molecule has 1 aliphatic heterocycles. The van der Waals surface area contributed by atoms with Crippen molar-refractivity contribution in [3.8, 4) is 0 Å². The molecule has 1 aliphatic carbocycles. The van der Waals surface area contributed by atoms with Crippen molar-refractivity contribution >= 4 is 0 Å². The van der Waals surface area contributed by atoms with E-state index in [4.69, 9.17) is 0 Å². The maximum absolute atomic E-state index is 3.58. The molecule has 58 valence electrons. The average Bonchev–Trinajstić information content (AvgIpc) is 2.28. The summed E-state index contributed by atoms with van der Waals surface area (Å²) < 4.78 is 0. The Kier molecular flexibility index (Phi) is 1.91. The van der Waals surface area contributed by atoms with Crippen molar-refractivity contribution in [3.63, 3.8) is 0 Å². The third-order valence-electron chi connectivity index (χ3n) is 2.68. The molecule has 2 N–H and O–H groups in total. The van der Waals surface area contributed by atoms with Crippen LogP contribution in [0.5, 0.6) is 0 Å². The first kappa shape index (κ1) is 6.62. The lowest BCUT2D eigenvalue weighted by molar-refractivity contribution is 0.460. The zero-order valence-electron chi connectivity index (χ0n) is 6.40. The Bertz CT molecular complexity index is 102. The minimum atomic E-state index is 0.794. The molecule has 1 saturated carbocycles. The van der Waals surface area contributed by atoms with Crippen molar-refractivity contribution in [2.45, 2.75) is 37.8 Å². The summed E-state index contributed by atoms with van der Waals surface area (Å²) in [6.45, 7) is 2.43. The molecule has 2 nitrogen and oxygen atoms in total. The van der Waals surface area contributed by atoms with E-state index in [1.165, 1.54) is 38.8 Å². The first-order chi connectivity index (χ1) is 4.97. The van der Waals surface area contributed by atoms with Crippen LogP contribution in [-0.4, -0.2) is 25.2 Å². The summed E-state index contributed by atoms with van der Waals surface area (Å²) in [5.41, 5.74) is 0. The van der Waals surface area contributed by atoms with Gasteiger partial charge in [0.25, 0.3) is 0 Å². The van der Waals surface area contributed by atoms with Crippen molar-refractivity contribution in [2.24, 2.45) is 0 Å². The summed E-state index contributed by atoms with van der Waals surface area (Å²) in [6.07, 6.45) is 5.48. The van der Waals surface area contributed by atoms with Crippen LogP contribution in [0.3, 0.4) is 0 Å². The van der Waals surface area contributed by atoms with Gasteiger partial charge in [-0.25, -0.2) is 0 Å². The zero-order valence-corrected chi connectivity index (χ0v) is 6.40. The van der Waals surface area contributed by atoms with Crippen LogP contribution in [0.25, 0.3) is 0 Å². The van der Waals surface area contributed by atoms with Crippen LogP contribution in [-0.2, 0) is 0 Å². The molecule has 2 heteroatoms. The smallest absolute Gasteiger partial charge is 0.0221 e. The number of fused-ring (bicyclic) bond motifs is 1. The van der Waals surface area contributed by atoms with E-state index < -0.39 is 0 Å². The number of rotatable bonds is 0. The molecule has 2 atom stereocenters. The fraction of sp³-hybridized carbons (Fsp3) is 1.00. The fourth-order valence-corrected chi connectivity index (χ4v) is 2.11. The molecule has 0 aromatic rings. The normalized spacial score (nSPS) is 40.8. The van der Waals surface area contributed by atoms with E-state index in [0.29, 0.717) is 0 Å². The first-order valence-electron chi connectivity index (χ1n) is 4.43. The molecule has 1 saturated heterocycles. The van der Waals surface area contributed by atoms with Gasteiger partial charge in [0.05, 0.1) is 0 Å². The molecule has 0 aromatic heterocycles. The molecule has 10 heavy (non-hydrogen) atoms. The van der Waals surface area contributed by atoms with Crippen LogP contribution >= 0.6 is 0 Å². The molecule has 0 radical (unpaired) electrons. The highest BCUT2D eigenvalue weighted by atomic mass is 15.1. The van der Waals surface area contributed by atoms with E-state index in [1.54, 1.807) is 0 Å². The molecule has 2 rings (SSSR count). The highest BCUT2D eigenvalue weighted by Crippen LogP contribution is 2.19. The van der Waals surface area contributed by atoms with Gasteiger partial charge in [0, 0.05) is 12.1 Å². The van der Waals surface area contributed by atoms with Gasteiger partial charge in [0.1, 0.15) is 0 Å². The summed E-state index contributed by atoms with van der Waals surface area (Å²) in [6, 6.07) is 1.59. The second-order valence-electron chi connectivity index (χ2n) is 3.41. The Balaban J connectivity index is 1.95. The van der Waals surface area contributed by atoms with E-state index in [-0.39, 0.29) is 0 Å². The van der Waals surface area contributed by atoms with Gasteiger partial charge in [0.15, 0.2) is 0 Å². The molecule has 2 aliphatic rings. The largest absolute Gasteiger partial charge is 0.312 e. The zero-order chi connectivity index (χ0) is 6.81. The quantitative estimate of drug-likeness (QED) is 0.511. The van der Waals surface area contributed by atoms with Gasteiger partial charge in [-0.05, 0) is 32.4 Å². The van der Waals surface area contributed by atoms with E-state index in [0.717, 1.165) is 12.1 Å². The van der Waals surface area contributed by atoms with Crippen LogP contribution in [0.2, 0.25) is 0 Å². The Hall–Kier alpha value is -0.0800. The van der Waals surface area contributed by atoms with Crippen LogP contribution in [0.1, 0.15) is 25.7 Å². The highest BCUT2D eigenvalue weighted by Gasteiger charge is 2.27. The average molecular weight is 140 g/mol. The first-order valence-corrected chi connectivity index (χ1v) is 4.43. The Morgan fingerprint density at radius 3 is 2.00 bits per heavy atom. The van der Waals surface area contributed by atoms with Gasteiger partial charge in [-0.15, -0.1) is 0 Å². The topological polar surface area (TPSA) is 24.1 Å². The summed E-state index contributed by atoms with van der Waals surface area (Å²) in [7, 11) is 0. The van der Waals surface area contributed by atoms with Gasteiger partial charge in [-0.2, -0.15) is 0 Å². The second-order valence-corrected chi connectivity index (χ2v) is 3.41. The molecule has 0 bridgehead atoms. The SMILES string of the molecule is C1CN[C@@H]2CCC[C@H]2NC1. The number of hydrogen-bond donors (Lipinski definition) is 2. The van der Waals surface area contributed by atoms with E-state index in [9.17, 15) is 0 Å². The lowest BCUT2D eigenvalue weighted by atomic mass is 10.2. The van der Waals surface area contributed by atoms with E-state index >= 15 is 0 Å². The van der Waals surface area contributed by atoms with Crippen LogP contribution < -0.4 is 10.6 Å². The Morgan fingerprint density at radius 2 is 1.40 bits per heavy atom. The molecular formula is C8H16N2. The van der Waals surface area contributed by atoms with E-state index in [1.807, 2.05) is 0 Å². The highest BCUT2D eigenvalue weighted by molar-refractivity contribution is 4.90. The lowest BCUT2D eigenvalue weighted by Crippen LogP contribution is -2.40. The summed E-state index contributed by atoms with van der Waals surface area (Å²) in [4.78, 5) is 0. The van der Waals surface area contributed by atoms with Crippen LogP contribution in [0.15, 0.2) is 0 Å². The fourth-order valence-electron chi connectivity index (χ4n) is 2.11. The predicted molar refractivity (Wildman–Crippen MR) is 42.0 cm³/mol. The van der Waals surface area contributed by atoms with Gasteiger partial charge in [-0.3, -0.25) is 0 Å². The third-order valence-corrected chi connectivity index (χ3v) is 2.68. The molecule has 0 unspecified atom stereocenters. The third kappa shape index (κ3) is 1.18. The van der Waals surface area contributed by atoms with Crippen LogP contribution in [0, 0.1) is 0 Å². The monoisotopic (exact) mass is 140 g/mol. The van der Waals surface area contributed by atoms with Crippen molar-refractivity contribution in [1.82, 2.24) is 10.6 Å². The molecular weight excluding hydrogens is 124 g/mol. The van der Waals surface area contributed by atoms with Crippen LogP contribution in [0.4, 0.5) is 0 Å². The Morgan fingerprint density at radius 1 is 0.800 bits per heavy atom. The maximum Gasteiger partial charge on any atom is 0.0221 e. The summed E-state index contributed by atoms with van der Waals surface area (Å²) in [5, 5.41) is 7.16. The molecule has 0 spiro atoms. The molecule has 1 heterocycles. The maximum atomic E-state index is 3.58. The lowest BCUT2D eigenvalue weighted by Gasteiger charge is -2.17. The van der Waals surface area contributed by atoms with Gasteiger partial charge in [0.2, 0.25) is 0 Å². The molecule has 2 fully saturated rings. The number of hydrogen-bond acceptors (Lipinski definition) is 2. The predicted octanol–water partition coefficient (Wildman–Crippen LogP) is 0.490. The second kappa shape index (κ2) is 2.89. The van der Waals surface area contributed by atoms with Gasteiger partial charge >= 0.3 is 0 Å². The minimum absolute atomic E-state index is 0.794. The summed E-state index contributed by atoms with van der Waals surface area (Å²) in [5.74, 6) is 0. The van der Waals surface area contributed by atoms with Crippen molar-refractivity contribution in [1.29, 1.82) is 0 Å². The minimum Gasteiger partial charge on any atom is -0.312 e. The van der Waals surface area contributed by atoms with E-state index in [2.05, 4.69) is 10.6 Å². The standard InChI is InChI=1S/C8H16N2/c1-3-7-8(4-1)10-6-2-5-9-7/h7-10H,1-6H2/t7-,8-/m1/s1.